The molecule has 1 amide bonds. The summed E-state index contributed by atoms with van der Waals surface area (Å²) < 4.78 is 0. The zero-order valence-corrected chi connectivity index (χ0v) is 21.2. The van der Waals surface area contributed by atoms with Gasteiger partial charge in [0.15, 0.2) is 0 Å². The van der Waals surface area contributed by atoms with Crippen LogP contribution in [0.3, 0.4) is 0 Å². The highest BCUT2D eigenvalue weighted by Gasteiger charge is 2.34. The van der Waals surface area contributed by atoms with Crippen LogP contribution in [-0.4, -0.2) is 91.5 Å². The number of hydrogen-bond donors (Lipinski definition) is 1. The molecule has 0 aromatic carbocycles. The molecule has 0 aliphatic carbocycles. The molecule has 7 nitrogen and oxygen atoms in total. The van der Waals surface area contributed by atoms with Gasteiger partial charge in [0.2, 0.25) is 0 Å². The molecule has 0 radical (unpaired) electrons. The molecule has 2 aromatic heterocycles. The number of amides is 1. The Bertz CT molecular complexity index is 951. The van der Waals surface area contributed by atoms with Crippen LogP contribution in [0.15, 0.2) is 42.7 Å². The van der Waals surface area contributed by atoms with E-state index in [-0.39, 0.29) is 11.2 Å². The molecule has 9 heteroatoms. The van der Waals surface area contributed by atoms with Crippen molar-refractivity contribution < 1.29 is 4.79 Å². The molecule has 4 rings (SSSR count). The molecule has 2 aliphatic rings. The van der Waals surface area contributed by atoms with Crippen molar-refractivity contribution in [3.63, 3.8) is 0 Å². The molecular weight excluding hydrogens is 422 g/mol. The van der Waals surface area contributed by atoms with Gasteiger partial charge in [-0.1, -0.05) is 13.0 Å². The molecule has 2 fully saturated rings. The van der Waals surface area contributed by atoms with E-state index in [0.717, 1.165) is 37.6 Å². The van der Waals surface area contributed by atoms with Crippen LogP contribution in [0, 0.1) is 0 Å². The van der Waals surface area contributed by atoms with Crippen LogP contribution in [0.25, 0.3) is 0 Å². The van der Waals surface area contributed by atoms with E-state index in [1.165, 1.54) is 32.4 Å². The van der Waals surface area contributed by atoms with Gasteiger partial charge in [0.05, 0.1) is 0 Å². The van der Waals surface area contributed by atoms with Crippen LogP contribution in [0.1, 0.15) is 50.0 Å². The Morgan fingerprint density at radius 1 is 1.12 bits per heavy atom. The number of rotatable bonds is 6. The number of piperidine rings is 1. The third-order valence-corrected chi connectivity index (χ3v) is 7.76. The number of pyridine rings is 2. The van der Waals surface area contributed by atoms with Crippen LogP contribution in [-0.2, 0) is 0 Å². The maximum atomic E-state index is 12.8. The average Bonchev–Trinajstić information content (AvgIpc) is 3.02. The van der Waals surface area contributed by atoms with Crippen molar-refractivity contribution in [3.05, 3.63) is 48.4 Å². The maximum absolute atomic E-state index is 12.8. The molecule has 2 saturated heterocycles. The van der Waals surface area contributed by atoms with Gasteiger partial charge in [-0.05, 0) is 81.8 Å². The summed E-state index contributed by atoms with van der Waals surface area (Å²) in [6.07, 6.45) is 8.15. The fourth-order valence-electron chi connectivity index (χ4n) is 5.27. The van der Waals surface area contributed by atoms with Gasteiger partial charge in [-0.2, -0.15) is 0 Å². The third kappa shape index (κ3) is 5.81. The van der Waals surface area contributed by atoms with E-state index >= 15 is 0 Å². The first-order valence-corrected chi connectivity index (χ1v) is 12.8. The van der Waals surface area contributed by atoms with Crippen molar-refractivity contribution >= 4 is 33.1 Å². The van der Waals surface area contributed by atoms with E-state index in [2.05, 4.69) is 54.5 Å². The first kappa shape index (κ1) is 24.7. The van der Waals surface area contributed by atoms with Crippen molar-refractivity contribution in [1.29, 1.82) is 0 Å². The van der Waals surface area contributed by atoms with Crippen LogP contribution in [0.4, 0.5) is 11.5 Å². The molecule has 1 atom stereocenters. The molecular formula is C25H38B2N6O. The fraction of sp³-hybridized carbons (Fsp3) is 0.560. The Hall–Kier alpha value is -2.38. The zero-order valence-electron chi connectivity index (χ0n) is 21.2. The number of nitrogens with one attached hydrogen (secondary N) is 1. The first-order valence-electron chi connectivity index (χ1n) is 12.8. The van der Waals surface area contributed by atoms with E-state index in [4.69, 9.17) is 4.98 Å². The van der Waals surface area contributed by atoms with Crippen molar-refractivity contribution in [1.82, 2.24) is 19.8 Å². The van der Waals surface area contributed by atoms with Gasteiger partial charge in [0, 0.05) is 43.3 Å². The highest BCUT2D eigenvalue weighted by molar-refractivity contribution is 6.41. The van der Waals surface area contributed by atoms with Gasteiger partial charge < -0.3 is 15.1 Å². The Balaban J connectivity index is 1.42. The predicted octanol–water partition coefficient (Wildman–Crippen LogP) is 1.42. The van der Waals surface area contributed by atoms with Crippen LogP contribution in [0.5, 0.6) is 0 Å². The normalized spacial score (nSPS) is 21.1. The monoisotopic (exact) mass is 460 g/mol. The molecule has 180 valence electrons. The highest BCUT2D eigenvalue weighted by Crippen LogP contribution is 2.27. The number of carbonyl (C=O) groups is 1. The molecule has 4 heterocycles. The largest absolute Gasteiger partial charge is 0.366 e. The van der Waals surface area contributed by atoms with Gasteiger partial charge in [0.1, 0.15) is 27.2 Å². The second kappa shape index (κ2) is 10.9. The molecule has 1 N–H and O–H groups in total. The lowest BCUT2D eigenvalue weighted by atomic mass is 9.59. The van der Waals surface area contributed by atoms with Gasteiger partial charge in [-0.3, -0.25) is 14.7 Å². The minimum Gasteiger partial charge on any atom is -0.366 e. The topological polar surface area (TPSA) is 64.6 Å². The lowest BCUT2D eigenvalue weighted by Gasteiger charge is -2.40. The molecule has 34 heavy (non-hydrogen) atoms. The van der Waals surface area contributed by atoms with E-state index < -0.39 is 0 Å². The summed E-state index contributed by atoms with van der Waals surface area (Å²) in [6, 6.07) is 10.7. The highest BCUT2D eigenvalue weighted by atomic mass is 16.1. The van der Waals surface area contributed by atoms with Gasteiger partial charge in [-0.15, -0.1) is 0 Å². The van der Waals surface area contributed by atoms with E-state index in [1.54, 1.807) is 30.6 Å². The maximum Gasteiger partial charge on any atom is 0.274 e. The summed E-state index contributed by atoms with van der Waals surface area (Å²) >= 11 is 0. The number of likely N-dealkylation sites (tertiary alicyclic amines) is 1. The minimum absolute atomic E-state index is 0.0284. The van der Waals surface area contributed by atoms with Crippen molar-refractivity contribution in [2.24, 2.45) is 0 Å². The Morgan fingerprint density at radius 3 is 2.56 bits per heavy atom. The van der Waals surface area contributed by atoms with Crippen LogP contribution < -0.4 is 10.2 Å². The average molecular weight is 460 g/mol. The molecule has 0 bridgehead atoms. The number of aromatic nitrogens is 2. The second-order valence-electron chi connectivity index (χ2n) is 10.3. The van der Waals surface area contributed by atoms with Crippen molar-refractivity contribution in [2.75, 3.05) is 42.9 Å². The Labute approximate surface area is 206 Å². The Kier molecular flexibility index (Phi) is 7.94. The van der Waals surface area contributed by atoms with Gasteiger partial charge >= 0.3 is 0 Å². The van der Waals surface area contributed by atoms with E-state index in [9.17, 15) is 4.79 Å². The summed E-state index contributed by atoms with van der Waals surface area (Å²) in [5, 5.41) is 2.89. The summed E-state index contributed by atoms with van der Waals surface area (Å²) in [4.78, 5) is 29.3. The third-order valence-electron chi connectivity index (χ3n) is 7.76. The fourth-order valence-corrected chi connectivity index (χ4v) is 5.27. The summed E-state index contributed by atoms with van der Waals surface area (Å²) in [6.45, 7) is 10.1. The second-order valence-corrected chi connectivity index (χ2v) is 10.3. The molecule has 0 unspecified atom stereocenters. The number of carbonyl (C=O) groups excluding carboxylic acids is 1. The minimum atomic E-state index is -0.199. The smallest absolute Gasteiger partial charge is 0.274 e. The van der Waals surface area contributed by atoms with Crippen LogP contribution >= 0.6 is 0 Å². The van der Waals surface area contributed by atoms with E-state index in [0.29, 0.717) is 17.8 Å². The van der Waals surface area contributed by atoms with Crippen molar-refractivity contribution in [3.8, 4) is 0 Å². The SMILES string of the molecule is BC1(B)CCN(C2CCN([C@@H](C)CC)CC2)CCN1c1cccc(C(=O)Nc2ccncc2)n1. The summed E-state index contributed by atoms with van der Waals surface area (Å²) in [5.74, 6) is 0.677. The lowest BCUT2D eigenvalue weighted by molar-refractivity contribution is 0.0903. The first-order chi connectivity index (χ1) is 16.4. The number of anilines is 2. The summed E-state index contributed by atoms with van der Waals surface area (Å²) in [7, 11) is 4.60. The van der Waals surface area contributed by atoms with Crippen molar-refractivity contribution in [2.45, 2.75) is 57.0 Å². The molecule has 2 aromatic rings. The van der Waals surface area contributed by atoms with Crippen LogP contribution in [0.2, 0.25) is 0 Å². The summed E-state index contributed by atoms with van der Waals surface area (Å²) in [5.41, 5.74) is 1.15. The lowest BCUT2D eigenvalue weighted by Crippen LogP contribution is -2.51. The standard InChI is InChI=1S/C25H38B2N6O/c1-3-19(2)31-14-9-21(10-15-31)32-16-11-25(26,27)33(18-17-32)23-6-4-5-22(30-23)24(34)29-20-7-12-28-13-8-20/h4-8,12-13,19,21H,3,9-11,14-18,26-27H2,1-2H3,(H,28,29,34)/t19-/m0/s1. The number of nitrogens with zero attached hydrogens (tertiary/aromatic N) is 5. The molecule has 0 spiro atoms. The van der Waals surface area contributed by atoms with Gasteiger partial charge in [0.25, 0.3) is 5.91 Å². The quantitative estimate of drug-likeness (QED) is 0.659. The van der Waals surface area contributed by atoms with E-state index in [1.807, 2.05) is 12.1 Å². The van der Waals surface area contributed by atoms with Gasteiger partial charge in [-0.25, -0.2) is 4.98 Å². The molecule has 2 aliphatic heterocycles. The zero-order chi connectivity index (χ0) is 24.1. The Morgan fingerprint density at radius 2 is 1.85 bits per heavy atom. The predicted molar refractivity (Wildman–Crippen MR) is 144 cm³/mol. The number of hydrogen-bond acceptors (Lipinski definition) is 6. The molecule has 0 saturated carbocycles.